The number of rotatable bonds is 5. The van der Waals surface area contributed by atoms with Gasteiger partial charge in [-0.25, -0.2) is 9.78 Å². The van der Waals surface area contributed by atoms with Crippen LogP contribution in [-0.4, -0.2) is 16.1 Å². The van der Waals surface area contributed by atoms with Crippen molar-refractivity contribution in [3.05, 3.63) is 59.4 Å². The number of pyridine rings is 1. The molecule has 0 unspecified atom stereocenters. The Morgan fingerprint density at radius 2 is 1.95 bits per heavy atom. The lowest BCUT2D eigenvalue weighted by atomic mass is 10.0. The predicted octanol–water partition coefficient (Wildman–Crippen LogP) is 3.48. The highest BCUT2D eigenvalue weighted by Crippen LogP contribution is 2.19. The molecule has 4 heteroatoms. The van der Waals surface area contributed by atoms with Crippen LogP contribution in [0.15, 0.2) is 42.6 Å². The molecule has 0 atom stereocenters. The largest absolute Gasteiger partial charge is 0.489 e. The molecule has 0 aliphatic rings. The van der Waals surface area contributed by atoms with Gasteiger partial charge >= 0.3 is 5.97 Å². The Hall–Kier alpha value is -2.36. The molecule has 2 rings (SSSR count). The summed E-state index contributed by atoms with van der Waals surface area (Å²) >= 11 is 0. The van der Waals surface area contributed by atoms with Gasteiger partial charge in [-0.05, 0) is 41.3 Å². The van der Waals surface area contributed by atoms with E-state index in [0.29, 0.717) is 12.5 Å². The zero-order chi connectivity index (χ0) is 14.5. The maximum atomic E-state index is 10.8. The second-order valence-electron chi connectivity index (χ2n) is 4.87. The molecule has 0 radical (unpaired) electrons. The summed E-state index contributed by atoms with van der Waals surface area (Å²) in [6, 6.07) is 11.2. The number of aromatic nitrogens is 1. The normalized spacial score (nSPS) is 10.6. The molecule has 1 aromatic heterocycles. The first kappa shape index (κ1) is 14.1. The summed E-state index contributed by atoms with van der Waals surface area (Å²) in [5.74, 6) is 0.221. The van der Waals surface area contributed by atoms with Crippen molar-refractivity contribution in [2.45, 2.75) is 26.4 Å². The van der Waals surface area contributed by atoms with Crippen LogP contribution in [0.3, 0.4) is 0 Å². The monoisotopic (exact) mass is 271 g/mol. The second-order valence-corrected chi connectivity index (χ2v) is 4.87. The second kappa shape index (κ2) is 6.19. The minimum atomic E-state index is -1.03. The molecular formula is C16H17NO3. The fourth-order valence-electron chi connectivity index (χ4n) is 1.80. The number of aromatic carboxylic acids is 1. The summed E-state index contributed by atoms with van der Waals surface area (Å²) in [5.41, 5.74) is 2.07. The molecule has 0 fully saturated rings. The molecule has 0 amide bonds. The van der Waals surface area contributed by atoms with Crippen molar-refractivity contribution in [2.75, 3.05) is 0 Å². The number of carboxylic acids is 1. The summed E-state index contributed by atoms with van der Waals surface area (Å²) in [6.07, 6.45) is 1.48. The van der Waals surface area contributed by atoms with Crippen LogP contribution >= 0.6 is 0 Å². The van der Waals surface area contributed by atoms with Crippen molar-refractivity contribution in [3.8, 4) is 5.75 Å². The number of carboxylic acid groups (broad SMARTS) is 1. The Morgan fingerprint density at radius 3 is 2.55 bits per heavy atom. The summed E-state index contributed by atoms with van der Waals surface area (Å²) in [5, 5.41) is 8.87. The first-order chi connectivity index (χ1) is 9.56. The maximum absolute atomic E-state index is 10.8. The molecule has 2 aromatic rings. The Balaban J connectivity index is 2.01. The number of hydrogen-bond donors (Lipinski definition) is 1. The lowest BCUT2D eigenvalue weighted by molar-refractivity contribution is 0.0690. The maximum Gasteiger partial charge on any atom is 0.354 e. The first-order valence-corrected chi connectivity index (χ1v) is 6.47. The number of nitrogens with zero attached hydrogens (tertiary/aromatic N) is 1. The van der Waals surface area contributed by atoms with Crippen LogP contribution in [0.25, 0.3) is 0 Å². The van der Waals surface area contributed by atoms with Gasteiger partial charge in [0.25, 0.3) is 0 Å². The van der Waals surface area contributed by atoms with E-state index in [1.165, 1.54) is 17.8 Å². The van der Waals surface area contributed by atoms with E-state index in [4.69, 9.17) is 9.84 Å². The van der Waals surface area contributed by atoms with Gasteiger partial charge in [-0.2, -0.15) is 0 Å². The van der Waals surface area contributed by atoms with Gasteiger partial charge < -0.3 is 9.84 Å². The quantitative estimate of drug-likeness (QED) is 0.904. The summed E-state index contributed by atoms with van der Waals surface area (Å²) in [7, 11) is 0. The van der Waals surface area contributed by atoms with Crippen molar-refractivity contribution in [2.24, 2.45) is 0 Å². The van der Waals surface area contributed by atoms with Gasteiger partial charge in [0.05, 0.1) is 0 Å². The van der Waals surface area contributed by atoms with Crippen LogP contribution in [0.5, 0.6) is 5.75 Å². The Labute approximate surface area is 118 Å². The van der Waals surface area contributed by atoms with Crippen molar-refractivity contribution in [3.63, 3.8) is 0 Å². The molecule has 1 N–H and O–H groups in total. The first-order valence-electron chi connectivity index (χ1n) is 6.47. The molecule has 1 heterocycles. The average molecular weight is 271 g/mol. The van der Waals surface area contributed by atoms with Crippen molar-refractivity contribution >= 4 is 5.97 Å². The van der Waals surface area contributed by atoms with E-state index in [2.05, 4.69) is 18.8 Å². The molecule has 0 aliphatic carbocycles. The van der Waals surface area contributed by atoms with Crippen LogP contribution in [0.1, 0.15) is 41.4 Å². The third-order valence-corrected chi connectivity index (χ3v) is 3.00. The van der Waals surface area contributed by atoms with Gasteiger partial charge in [0.1, 0.15) is 18.1 Å². The molecule has 0 saturated heterocycles. The van der Waals surface area contributed by atoms with E-state index in [0.717, 1.165) is 11.3 Å². The SMILES string of the molecule is CC(C)c1ccc(OCc2ccnc(C(=O)O)c2)cc1. The number of hydrogen-bond acceptors (Lipinski definition) is 3. The van der Waals surface area contributed by atoms with Crippen molar-refractivity contribution in [1.82, 2.24) is 4.98 Å². The fourth-order valence-corrected chi connectivity index (χ4v) is 1.80. The van der Waals surface area contributed by atoms with Gasteiger partial charge in [0.15, 0.2) is 0 Å². The zero-order valence-corrected chi connectivity index (χ0v) is 11.5. The molecule has 0 spiro atoms. The minimum absolute atomic E-state index is 0.0289. The highest BCUT2D eigenvalue weighted by atomic mass is 16.5. The van der Waals surface area contributed by atoms with Gasteiger partial charge in [-0.1, -0.05) is 26.0 Å². The molecule has 4 nitrogen and oxygen atoms in total. The van der Waals surface area contributed by atoms with E-state index in [1.807, 2.05) is 24.3 Å². The number of benzene rings is 1. The standard InChI is InChI=1S/C16H17NO3/c1-11(2)13-3-5-14(6-4-13)20-10-12-7-8-17-15(9-12)16(18)19/h3-9,11H,10H2,1-2H3,(H,18,19). The Kier molecular flexibility index (Phi) is 4.35. The van der Waals surface area contributed by atoms with Gasteiger partial charge in [-0.15, -0.1) is 0 Å². The average Bonchev–Trinajstić information content (AvgIpc) is 2.46. The molecule has 0 aliphatic heterocycles. The molecule has 104 valence electrons. The van der Waals surface area contributed by atoms with E-state index in [1.54, 1.807) is 6.07 Å². The van der Waals surface area contributed by atoms with Gasteiger partial charge in [0.2, 0.25) is 0 Å². The van der Waals surface area contributed by atoms with Crippen LogP contribution < -0.4 is 4.74 Å². The van der Waals surface area contributed by atoms with Crippen molar-refractivity contribution < 1.29 is 14.6 Å². The van der Waals surface area contributed by atoms with Crippen LogP contribution in [0.2, 0.25) is 0 Å². The van der Waals surface area contributed by atoms with Crippen LogP contribution in [0.4, 0.5) is 0 Å². The smallest absolute Gasteiger partial charge is 0.354 e. The van der Waals surface area contributed by atoms with E-state index in [9.17, 15) is 4.79 Å². The van der Waals surface area contributed by atoms with E-state index >= 15 is 0 Å². The third-order valence-electron chi connectivity index (χ3n) is 3.00. The summed E-state index contributed by atoms with van der Waals surface area (Å²) < 4.78 is 5.64. The Morgan fingerprint density at radius 1 is 1.25 bits per heavy atom. The number of carbonyl (C=O) groups is 1. The topological polar surface area (TPSA) is 59.4 Å². The molecule has 0 saturated carbocycles. The predicted molar refractivity (Wildman–Crippen MR) is 76.1 cm³/mol. The van der Waals surface area contributed by atoms with E-state index < -0.39 is 5.97 Å². The third kappa shape index (κ3) is 3.57. The summed E-state index contributed by atoms with van der Waals surface area (Å²) in [4.78, 5) is 14.6. The highest BCUT2D eigenvalue weighted by Gasteiger charge is 2.05. The molecule has 0 bridgehead atoms. The zero-order valence-electron chi connectivity index (χ0n) is 11.5. The lowest BCUT2D eigenvalue weighted by Gasteiger charge is -2.09. The number of ether oxygens (including phenoxy) is 1. The summed E-state index contributed by atoms with van der Waals surface area (Å²) in [6.45, 7) is 4.60. The van der Waals surface area contributed by atoms with Gasteiger partial charge in [-0.3, -0.25) is 0 Å². The molecule has 20 heavy (non-hydrogen) atoms. The molecular weight excluding hydrogens is 254 g/mol. The van der Waals surface area contributed by atoms with E-state index in [-0.39, 0.29) is 5.69 Å². The Bertz CT molecular complexity index is 591. The van der Waals surface area contributed by atoms with Crippen LogP contribution in [0, 0.1) is 0 Å². The minimum Gasteiger partial charge on any atom is -0.489 e. The van der Waals surface area contributed by atoms with Crippen LogP contribution in [-0.2, 0) is 6.61 Å². The molecule has 1 aromatic carbocycles. The fraction of sp³-hybridized carbons (Fsp3) is 0.250. The van der Waals surface area contributed by atoms with Gasteiger partial charge in [0, 0.05) is 6.20 Å². The van der Waals surface area contributed by atoms with Crippen molar-refractivity contribution in [1.29, 1.82) is 0 Å². The highest BCUT2D eigenvalue weighted by molar-refractivity contribution is 5.85. The lowest BCUT2D eigenvalue weighted by Crippen LogP contribution is -2.03.